The third-order valence-corrected chi connectivity index (χ3v) is 2.35. The highest BCUT2D eigenvalue weighted by Gasteiger charge is 2.21. The lowest BCUT2D eigenvalue weighted by molar-refractivity contribution is -0.129. The molecule has 0 radical (unpaired) electrons. The maximum atomic E-state index is 11.1. The summed E-state index contributed by atoms with van der Waals surface area (Å²) < 4.78 is 0. The van der Waals surface area contributed by atoms with Crippen molar-refractivity contribution in [3.05, 3.63) is 0 Å². The summed E-state index contributed by atoms with van der Waals surface area (Å²) in [6, 6.07) is 0.673. The van der Waals surface area contributed by atoms with Gasteiger partial charge in [0.1, 0.15) is 6.10 Å². The second-order valence-corrected chi connectivity index (χ2v) is 3.76. The minimum Gasteiger partial charge on any atom is -0.384 e. The van der Waals surface area contributed by atoms with Gasteiger partial charge in [0.05, 0.1) is 0 Å². The quantitative estimate of drug-likeness (QED) is 0.551. The van der Waals surface area contributed by atoms with Gasteiger partial charge >= 0.3 is 0 Å². The molecule has 1 heterocycles. The van der Waals surface area contributed by atoms with Crippen LogP contribution in [0.3, 0.4) is 0 Å². The van der Waals surface area contributed by atoms with Gasteiger partial charge in [-0.2, -0.15) is 0 Å². The molecule has 1 fully saturated rings. The minimum absolute atomic E-state index is 0.221. The Kier molecular flexibility index (Phi) is 3.69. The lowest BCUT2D eigenvalue weighted by Gasteiger charge is -2.28. The zero-order valence-corrected chi connectivity index (χ0v) is 8.21. The molecule has 1 saturated heterocycles. The minimum atomic E-state index is -0.898. The molecule has 0 aromatic heterocycles. The van der Waals surface area contributed by atoms with E-state index in [1.165, 1.54) is 6.92 Å². The molecule has 1 amide bonds. The summed E-state index contributed by atoms with van der Waals surface area (Å²) in [5.74, 6) is -0.265. The topological polar surface area (TPSA) is 61.4 Å². The SMILES string of the molecule is CC1CC(NC(=O)C(C)O)CCN1. The van der Waals surface area contributed by atoms with Gasteiger partial charge in [-0.25, -0.2) is 0 Å². The lowest BCUT2D eigenvalue weighted by Crippen LogP contribution is -2.48. The molecule has 76 valence electrons. The molecule has 3 atom stereocenters. The van der Waals surface area contributed by atoms with Crippen LogP contribution in [0.5, 0.6) is 0 Å². The van der Waals surface area contributed by atoms with Crippen molar-refractivity contribution in [2.45, 2.75) is 44.9 Å². The molecule has 1 rings (SSSR count). The first kappa shape index (κ1) is 10.5. The Hall–Kier alpha value is -0.610. The first-order valence-electron chi connectivity index (χ1n) is 4.81. The van der Waals surface area contributed by atoms with Crippen molar-refractivity contribution in [1.29, 1.82) is 0 Å². The molecular weight excluding hydrogens is 168 g/mol. The zero-order valence-electron chi connectivity index (χ0n) is 8.21. The maximum Gasteiger partial charge on any atom is 0.248 e. The second kappa shape index (κ2) is 4.58. The number of piperidine rings is 1. The molecule has 1 aliphatic heterocycles. The summed E-state index contributed by atoms with van der Waals surface area (Å²) in [5.41, 5.74) is 0. The number of rotatable bonds is 2. The van der Waals surface area contributed by atoms with Crippen LogP contribution in [0.2, 0.25) is 0 Å². The zero-order chi connectivity index (χ0) is 9.84. The number of amides is 1. The van der Waals surface area contributed by atoms with Crippen molar-refractivity contribution in [3.63, 3.8) is 0 Å². The van der Waals surface area contributed by atoms with Crippen LogP contribution in [0.15, 0.2) is 0 Å². The fraction of sp³-hybridized carbons (Fsp3) is 0.889. The largest absolute Gasteiger partial charge is 0.384 e. The molecule has 0 aliphatic carbocycles. The van der Waals surface area contributed by atoms with E-state index in [1.54, 1.807) is 0 Å². The Morgan fingerprint density at radius 2 is 2.38 bits per heavy atom. The smallest absolute Gasteiger partial charge is 0.248 e. The molecule has 1 aliphatic rings. The van der Waals surface area contributed by atoms with Crippen LogP contribution in [-0.4, -0.2) is 35.7 Å². The Bertz CT molecular complexity index is 182. The summed E-state index contributed by atoms with van der Waals surface area (Å²) in [6.45, 7) is 4.52. The van der Waals surface area contributed by atoms with Crippen LogP contribution >= 0.6 is 0 Å². The van der Waals surface area contributed by atoms with Crippen LogP contribution in [0.1, 0.15) is 26.7 Å². The average Bonchev–Trinajstić information content (AvgIpc) is 2.04. The third kappa shape index (κ3) is 3.32. The lowest BCUT2D eigenvalue weighted by atomic mass is 10.0. The maximum absolute atomic E-state index is 11.1. The first-order valence-corrected chi connectivity index (χ1v) is 4.81. The Labute approximate surface area is 78.7 Å². The summed E-state index contributed by atoms with van der Waals surface area (Å²) in [6.07, 6.45) is 0.992. The van der Waals surface area contributed by atoms with Gasteiger partial charge < -0.3 is 15.7 Å². The fourth-order valence-electron chi connectivity index (χ4n) is 1.58. The van der Waals surface area contributed by atoms with E-state index in [1.807, 2.05) is 0 Å². The van der Waals surface area contributed by atoms with Gasteiger partial charge in [-0.15, -0.1) is 0 Å². The van der Waals surface area contributed by atoms with Crippen molar-refractivity contribution in [2.24, 2.45) is 0 Å². The first-order chi connectivity index (χ1) is 6.09. The molecule has 0 aromatic rings. The average molecular weight is 186 g/mol. The molecule has 3 N–H and O–H groups in total. The molecule has 0 saturated carbocycles. The Morgan fingerprint density at radius 3 is 2.92 bits per heavy atom. The number of aliphatic hydroxyl groups excluding tert-OH is 1. The summed E-state index contributed by atoms with van der Waals surface area (Å²) in [4.78, 5) is 11.1. The predicted molar refractivity (Wildman–Crippen MR) is 50.3 cm³/mol. The normalized spacial score (nSPS) is 31.0. The summed E-state index contributed by atoms with van der Waals surface area (Å²) in [5, 5.41) is 15.1. The monoisotopic (exact) mass is 186 g/mol. The molecule has 0 spiro atoms. The van der Waals surface area contributed by atoms with Crippen LogP contribution in [0.4, 0.5) is 0 Å². The van der Waals surface area contributed by atoms with Gasteiger partial charge in [-0.05, 0) is 33.2 Å². The molecule has 13 heavy (non-hydrogen) atoms. The number of hydrogen-bond donors (Lipinski definition) is 3. The number of carbonyl (C=O) groups is 1. The summed E-state index contributed by atoms with van der Waals surface area (Å²) >= 11 is 0. The molecule has 4 heteroatoms. The Balaban J connectivity index is 2.31. The Morgan fingerprint density at radius 1 is 1.69 bits per heavy atom. The van der Waals surface area contributed by atoms with Crippen molar-refractivity contribution in [3.8, 4) is 0 Å². The van der Waals surface area contributed by atoms with Gasteiger partial charge in [0.2, 0.25) is 5.91 Å². The van der Waals surface area contributed by atoms with E-state index in [2.05, 4.69) is 17.6 Å². The molecule has 4 nitrogen and oxygen atoms in total. The van der Waals surface area contributed by atoms with E-state index in [0.29, 0.717) is 6.04 Å². The number of hydrogen-bond acceptors (Lipinski definition) is 3. The van der Waals surface area contributed by atoms with Gasteiger partial charge in [-0.3, -0.25) is 4.79 Å². The fourth-order valence-corrected chi connectivity index (χ4v) is 1.58. The molecule has 0 aromatic carbocycles. The molecular formula is C9H18N2O2. The highest BCUT2D eigenvalue weighted by Crippen LogP contribution is 2.07. The van der Waals surface area contributed by atoms with Crippen LogP contribution in [-0.2, 0) is 4.79 Å². The number of carbonyl (C=O) groups excluding carboxylic acids is 1. The van der Waals surface area contributed by atoms with E-state index in [-0.39, 0.29) is 11.9 Å². The number of nitrogens with one attached hydrogen (secondary N) is 2. The second-order valence-electron chi connectivity index (χ2n) is 3.76. The van der Waals surface area contributed by atoms with Crippen molar-refractivity contribution < 1.29 is 9.90 Å². The van der Waals surface area contributed by atoms with Crippen molar-refractivity contribution >= 4 is 5.91 Å². The highest BCUT2D eigenvalue weighted by atomic mass is 16.3. The van der Waals surface area contributed by atoms with E-state index in [9.17, 15) is 4.79 Å². The standard InChI is InChI=1S/C9H18N2O2/c1-6-5-8(3-4-10-6)11-9(13)7(2)12/h6-8,10,12H,3-5H2,1-2H3,(H,11,13). The van der Waals surface area contributed by atoms with E-state index < -0.39 is 6.10 Å². The van der Waals surface area contributed by atoms with Crippen LogP contribution in [0, 0.1) is 0 Å². The van der Waals surface area contributed by atoms with Gasteiger partial charge in [0.25, 0.3) is 0 Å². The molecule has 3 unspecified atom stereocenters. The highest BCUT2D eigenvalue weighted by molar-refractivity contribution is 5.80. The third-order valence-electron chi connectivity index (χ3n) is 2.35. The summed E-state index contributed by atoms with van der Waals surface area (Å²) in [7, 11) is 0. The van der Waals surface area contributed by atoms with Gasteiger partial charge in [0, 0.05) is 12.1 Å². The van der Waals surface area contributed by atoms with Crippen molar-refractivity contribution in [2.75, 3.05) is 6.54 Å². The predicted octanol–water partition coefficient (Wildman–Crippen LogP) is -0.376. The van der Waals surface area contributed by atoms with Crippen molar-refractivity contribution in [1.82, 2.24) is 10.6 Å². The van der Waals surface area contributed by atoms with E-state index in [4.69, 9.17) is 5.11 Å². The van der Waals surface area contributed by atoms with Gasteiger partial charge in [-0.1, -0.05) is 0 Å². The van der Waals surface area contributed by atoms with E-state index >= 15 is 0 Å². The van der Waals surface area contributed by atoms with Crippen LogP contribution < -0.4 is 10.6 Å². The van der Waals surface area contributed by atoms with Gasteiger partial charge in [0.15, 0.2) is 0 Å². The van der Waals surface area contributed by atoms with Crippen LogP contribution in [0.25, 0.3) is 0 Å². The van der Waals surface area contributed by atoms with E-state index in [0.717, 1.165) is 19.4 Å². The number of aliphatic hydroxyl groups is 1. The molecule has 0 bridgehead atoms.